The maximum atomic E-state index is 13.3. The molecule has 36 heavy (non-hydrogen) atoms. The monoisotopic (exact) mass is 510 g/mol. The summed E-state index contributed by atoms with van der Waals surface area (Å²) < 4.78 is 14.1. The second-order valence-corrected chi connectivity index (χ2v) is 9.49. The van der Waals surface area contributed by atoms with E-state index in [0.717, 1.165) is 5.56 Å². The van der Waals surface area contributed by atoms with Gasteiger partial charge in [-0.15, -0.1) is 0 Å². The summed E-state index contributed by atoms with van der Waals surface area (Å²) in [5, 5.41) is 0.610. The molecule has 0 spiro atoms. The van der Waals surface area contributed by atoms with Gasteiger partial charge in [-0.2, -0.15) is 0 Å². The van der Waals surface area contributed by atoms with Crippen LogP contribution in [0.3, 0.4) is 0 Å². The van der Waals surface area contributed by atoms with Crippen LogP contribution in [0.4, 0.5) is 0 Å². The van der Waals surface area contributed by atoms with Crippen molar-refractivity contribution in [3.05, 3.63) is 83.9 Å². The van der Waals surface area contributed by atoms with Gasteiger partial charge in [0.25, 0.3) is 0 Å². The minimum absolute atomic E-state index is 0.00737. The number of amides is 2. The van der Waals surface area contributed by atoms with Crippen LogP contribution in [0, 0.1) is 0 Å². The molecule has 0 N–H and O–H groups in total. The van der Waals surface area contributed by atoms with Crippen molar-refractivity contribution >= 4 is 23.4 Å². The molecule has 2 aromatic carbocycles. The van der Waals surface area contributed by atoms with Crippen molar-refractivity contribution in [1.29, 1.82) is 0 Å². The highest BCUT2D eigenvalue weighted by Gasteiger charge is 2.42. The molecule has 190 valence electrons. The predicted molar refractivity (Wildman–Crippen MR) is 137 cm³/mol. The fourth-order valence-corrected chi connectivity index (χ4v) is 4.33. The molecule has 8 nitrogen and oxygen atoms in total. The zero-order valence-corrected chi connectivity index (χ0v) is 21.1. The van der Waals surface area contributed by atoms with Gasteiger partial charge < -0.3 is 23.8 Å². The second kappa shape index (κ2) is 12.1. The highest BCUT2D eigenvalue weighted by Crippen LogP contribution is 2.26. The zero-order chi connectivity index (χ0) is 25.4. The number of ether oxygens (including phenoxy) is 2. The Bertz CT molecular complexity index is 1120. The van der Waals surface area contributed by atoms with Gasteiger partial charge in [-0.05, 0) is 29.8 Å². The molecule has 1 saturated heterocycles. The molecule has 1 aromatic heterocycles. The van der Waals surface area contributed by atoms with Gasteiger partial charge in [0.1, 0.15) is 18.0 Å². The largest absolute Gasteiger partial charge is 0.490 e. The van der Waals surface area contributed by atoms with E-state index in [-0.39, 0.29) is 31.4 Å². The Morgan fingerprint density at radius 3 is 2.67 bits per heavy atom. The molecule has 4 rings (SSSR count). The van der Waals surface area contributed by atoms with Gasteiger partial charge in [0.15, 0.2) is 0 Å². The maximum Gasteiger partial charge on any atom is 0.225 e. The molecule has 1 atom stereocenters. The second-order valence-electron chi connectivity index (χ2n) is 9.05. The summed E-state index contributed by atoms with van der Waals surface area (Å²) in [5.41, 5.74) is 0.0746. The Hall–Kier alpha value is -3.36. The number of halogens is 1. The lowest BCUT2D eigenvalue weighted by molar-refractivity contribution is -0.165. The van der Waals surface area contributed by atoms with Crippen molar-refractivity contribution < 1.29 is 19.1 Å². The maximum absolute atomic E-state index is 13.3. The molecule has 1 aliphatic heterocycles. The van der Waals surface area contributed by atoms with Crippen LogP contribution in [0.15, 0.2) is 73.3 Å². The van der Waals surface area contributed by atoms with E-state index in [1.807, 2.05) is 41.1 Å². The first-order valence-electron chi connectivity index (χ1n) is 12.0. The van der Waals surface area contributed by atoms with E-state index < -0.39 is 5.60 Å². The summed E-state index contributed by atoms with van der Waals surface area (Å²) in [6, 6.07) is 16.9. The number of aromatic nitrogens is 2. The van der Waals surface area contributed by atoms with Crippen LogP contribution in [0.1, 0.15) is 18.4 Å². The van der Waals surface area contributed by atoms with E-state index >= 15 is 0 Å². The third kappa shape index (κ3) is 7.08. The summed E-state index contributed by atoms with van der Waals surface area (Å²) in [6.45, 7) is 2.24. The molecule has 2 heterocycles. The standard InChI is InChI=1S/C27H31ClN4O4/c1-30(18-22-5-3-2-4-6-22)26(34)17-27(20-35-24-9-7-23(28)8-10-24)19-32(15-16-36-27)25(33)11-13-31-14-12-29-21-31/h2-10,12,14,21H,11,13,15-20H2,1H3. The summed E-state index contributed by atoms with van der Waals surface area (Å²) in [5.74, 6) is 0.551. The lowest BCUT2D eigenvalue weighted by atomic mass is 9.96. The van der Waals surface area contributed by atoms with Crippen molar-refractivity contribution in [3.8, 4) is 5.75 Å². The third-order valence-electron chi connectivity index (χ3n) is 6.22. The number of carbonyl (C=O) groups is 2. The first-order valence-corrected chi connectivity index (χ1v) is 12.3. The highest BCUT2D eigenvalue weighted by molar-refractivity contribution is 6.30. The minimum Gasteiger partial charge on any atom is -0.490 e. The Labute approximate surface area is 216 Å². The van der Waals surface area contributed by atoms with E-state index in [1.54, 1.807) is 53.6 Å². The normalized spacial score (nSPS) is 17.6. The van der Waals surface area contributed by atoms with Crippen LogP contribution in [0.25, 0.3) is 0 Å². The topological polar surface area (TPSA) is 76.9 Å². The molecular formula is C27H31ClN4O4. The highest BCUT2D eigenvalue weighted by atomic mass is 35.5. The third-order valence-corrected chi connectivity index (χ3v) is 6.47. The summed E-state index contributed by atoms with van der Waals surface area (Å²) >= 11 is 6.00. The van der Waals surface area contributed by atoms with Crippen molar-refractivity contribution in [2.75, 3.05) is 33.4 Å². The fourth-order valence-electron chi connectivity index (χ4n) is 4.21. The number of morpholine rings is 1. The molecule has 0 bridgehead atoms. The van der Waals surface area contributed by atoms with Crippen LogP contribution >= 0.6 is 11.6 Å². The van der Waals surface area contributed by atoms with Gasteiger partial charge in [0.05, 0.1) is 25.9 Å². The van der Waals surface area contributed by atoms with Gasteiger partial charge in [-0.25, -0.2) is 4.98 Å². The van der Waals surface area contributed by atoms with E-state index in [9.17, 15) is 9.59 Å². The van der Waals surface area contributed by atoms with Crippen LogP contribution in [-0.4, -0.2) is 70.1 Å². The average molecular weight is 511 g/mol. The lowest BCUT2D eigenvalue weighted by Gasteiger charge is -2.42. The number of imidazole rings is 1. The van der Waals surface area contributed by atoms with E-state index in [2.05, 4.69) is 4.98 Å². The molecule has 9 heteroatoms. The molecule has 1 fully saturated rings. The number of hydrogen-bond donors (Lipinski definition) is 0. The summed E-state index contributed by atoms with van der Waals surface area (Å²) in [6.07, 6.45) is 5.65. The molecule has 1 unspecified atom stereocenters. The van der Waals surface area contributed by atoms with Crippen LogP contribution in [0.2, 0.25) is 5.02 Å². The SMILES string of the molecule is CN(Cc1ccccc1)C(=O)CC1(COc2ccc(Cl)cc2)CN(C(=O)CCn2ccnc2)CCO1. The van der Waals surface area contributed by atoms with Crippen molar-refractivity contribution in [2.45, 2.75) is 31.5 Å². The Balaban J connectivity index is 1.45. The van der Waals surface area contributed by atoms with Gasteiger partial charge in [0.2, 0.25) is 11.8 Å². The summed E-state index contributed by atoms with van der Waals surface area (Å²) in [4.78, 5) is 33.8. The first-order chi connectivity index (χ1) is 17.4. The van der Waals surface area contributed by atoms with E-state index in [0.29, 0.717) is 43.4 Å². The summed E-state index contributed by atoms with van der Waals surface area (Å²) in [7, 11) is 1.78. The van der Waals surface area contributed by atoms with Gasteiger partial charge in [0, 0.05) is 50.5 Å². The number of hydrogen-bond acceptors (Lipinski definition) is 5. The van der Waals surface area contributed by atoms with Crippen molar-refractivity contribution in [3.63, 3.8) is 0 Å². The zero-order valence-electron chi connectivity index (χ0n) is 20.4. The quantitative estimate of drug-likeness (QED) is 0.416. The number of carbonyl (C=O) groups excluding carboxylic acids is 2. The Morgan fingerprint density at radius 2 is 1.94 bits per heavy atom. The first kappa shape index (κ1) is 25.7. The van der Waals surface area contributed by atoms with E-state index in [1.165, 1.54) is 0 Å². The molecule has 2 amide bonds. The Kier molecular flexibility index (Phi) is 8.61. The van der Waals surface area contributed by atoms with Crippen LogP contribution in [0.5, 0.6) is 5.75 Å². The average Bonchev–Trinajstić information content (AvgIpc) is 3.41. The fraction of sp³-hybridized carbons (Fsp3) is 0.370. The van der Waals surface area contributed by atoms with Gasteiger partial charge >= 0.3 is 0 Å². The number of nitrogens with zero attached hydrogens (tertiary/aromatic N) is 4. The molecule has 0 saturated carbocycles. The van der Waals surface area contributed by atoms with Crippen LogP contribution < -0.4 is 4.74 Å². The molecule has 1 aliphatic rings. The van der Waals surface area contributed by atoms with Crippen molar-refractivity contribution in [2.24, 2.45) is 0 Å². The predicted octanol–water partition coefficient (Wildman–Crippen LogP) is 3.65. The molecule has 0 aliphatic carbocycles. The molecule has 0 radical (unpaired) electrons. The van der Waals surface area contributed by atoms with E-state index in [4.69, 9.17) is 21.1 Å². The van der Waals surface area contributed by atoms with Crippen molar-refractivity contribution in [1.82, 2.24) is 19.4 Å². The number of rotatable bonds is 10. The number of benzene rings is 2. The van der Waals surface area contributed by atoms with Crippen LogP contribution in [-0.2, 0) is 27.4 Å². The van der Waals surface area contributed by atoms with Gasteiger partial charge in [-0.3, -0.25) is 9.59 Å². The lowest BCUT2D eigenvalue weighted by Crippen LogP contribution is -2.58. The number of aryl methyl sites for hydroxylation is 1. The van der Waals surface area contributed by atoms with Gasteiger partial charge in [-0.1, -0.05) is 41.9 Å². The molecule has 3 aromatic rings. The Morgan fingerprint density at radius 1 is 1.17 bits per heavy atom. The minimum atomic E-state index is -0.968. The smallest absolute Gasteiger partial charge is 0.225 e. The molecular weight excluding hydrogens is 480 g/mol.